The van der Waals surface area contributed by atoms with Crippen LogP contribution in [0.5, 0.6) is 0 Å². The van der Waals surface area contributed by atoms with Gasteiger partial charge in [-0.25, -0.2) is 4.98 Å². The second-order valence-electron chi connectivity index (χ2n) is 5.90. The third-order valence-electron chi connectivity index (χ3n) is 4.14. The summed E-state index contributed by atoms with van der Waals surface area (Å²) >= 11 is 0. The van der Waals surface area contributed by atoms with Crippen molar-refractivity contribution in [2.45, 2.75) is 19.8 Å². The van der Waals surface area contributed by atoms with Crippen molar-refractivity contribution >= 4 is 5.95 Å². The fourth-order valence-electron chi connectivity index (χ4n) is 3.19. The molecule has 2 aromatic rings. The second-order valence-corrected chi connectivity index (χ2v) is 5.90. The maximum absolute atomic E-state index is 4.77. The van der Waals surface area contributed by atoms with Crippen LogP contribution < -0.4 is 10.2 Å². The minimum Gasteiger partial charge on any atom is -0.342 e. The molecule has 2 heterocycles. The number of benzene rings is 1. The first-order valence-electron chi connectivity index (χ1n) is 7.79. The minimum absolute atomic E-state index is 0.713. The molecule has 1 N–H and O–H groups in total. The number of imidazole rings is 1. The Bertz CT molecular complexity index is 574. The van der Waals surface area contributed by atoms with Crippen molar-refractivity contribution in [1.82, 2.24) is 14.9 Å². The van der Waals surface area contributed by atoms with Gasteiger partial charge in [-0.3, -0.25) is 4.57 Å². The fourth-order valence-corrected chi connectivity index (χ4v) is 3.19. The van der Waals surface area contributed by atoms with E-state index in [1.807, 2.05) is 7.05 Å². The quantitative estimate of drug-likeness (QED) is 0.937. The van der Waals surface area contributed by atoms with E-state index in [4.69, 9.17) is 4.98 Å². The van der Waals surface area contributed by atoms with Crippen LogP contribution in [0.3, 0.4) is 0 Å². The van der Waals surface area contributed by atoms with E-state index in [9.17, 15) is 0 Å². The summed E-state index contributed by atoms with van der Waals surface area (Å²) < 4.78 is 2.22. The molecule has 0 bridgehead atoms. The normalized spacial score (nSPS) is 19.0. The molecule has 1 aromatic carbocycles. The first-order chi connectivity index (χ1) is 10.3. The van der Waals surface area contributed by atoms with Crippen molar-refractivity contribution in [2.75, 3.05) is 31.6 Å². The number of piperidine rings is 1. The van der Waals surface area contributed by atoms with Crippen molar-refractivity contribution in [3.05, 3.63) is 42.2 Å². The fraction of sp³-hybridized carbons (Fsp3) is 0.471. The summed E-state index contributed by atoms with van der Waals surface area (Å²) in [6.45, 7) is 5.34. The predicted octanol–water partition coefficient (Wildman–Crippen LogP) is 2.62. The number of hydrogen-bond acceptors (Lipinski definition) is 3. The molecule has 0 spiro atoms. The number of aromatic nitrogens is 2. The average molecular weight is 284 g/mol. The maximum Gasteiger partial charge on any atom is 0.210 e. The minimum atomic E-state index is 0.713. The lowest BCUT2D eigenvalue weighted by Gasteiger charge is -2.33. The van der Waals surface area contributed by atoms with Crippen LogP contribution in [0.15, 0.2) is 36.5 Å². The summed E-state index contributed by atoms with van der Waals surface area (Å²) in [5.74, 6) is 1.80. The molecule has 0 saturated carbocycles. The predicted molar refractivity (Wildman–Crippen MR) is 87.2 cm³/mol. The summed E-state index contributed by atoms with van der Waals surface area (Å²) in [5.41, 5.74) is 2.26. The molecule has 0 aliphatic carbocycles. The highest BCUT2D eigenvalue weighted by Gasteiger charge is 2.23. The Morgan fingerprint density at radius 1 is 1.29 bits per heavy atom. The first-order valence-corrected chi connectivity index (χ1v) is 7.79. The van der Waals surface area contributed by atoms with E-state index in [1.54, 1.807) is 0 Å². The van der Waals surface area contributed by atoms with Crippen molar-refractivity contribution in [3.8, 4) is 5.69 Å². The van der Waals surface area contributed by atoms with E-state index in [-0.39, 0.29) is 0 Å². The third kappa shape index (κ3) is 3.10. The van der Waals surface area contributed by atoms with Gasteiger partial charge in [-0.05, 0) is 51.4 Å². The van der Waals surface area contributed by atoms with E-state index >= 15 is 0 Å². The van der Waals surface area contributed by atoms with Crippen LogP contribution in [0.4, 0.5) is 5.95 Å². The molecule has 4 heteroatoms. The van der Waals surface area contributed by atoms with Crippen molar-refractivity contribution < 1.29 is 0 Å². The number of anilines is 1. The second kappa shape index (κ2) is 6.31. The number of aryl methyl sites for hydroxylation is 1. The number of para-hydroxylation sites is 1. The molecule has 0 radical (unpaired) electrons. The lowest BCUT2D eigenvalue weighted by molar-refractivity contribution is 0.398. The number of nitrogens with one attached hydrogen (secondary N) is 1. The molecule has 3 rings (SSSR count). The monoisotopic (exact) mass is 284 g/mol. The van der Waals surface area contributed by atoms with E-state index < -0.39 is 0 Å². The van der Waals surface area contributed by atoms with Gasteiger partial charge in [0.05, 0.1) is 5.69 Å². The van der Waals surface area contributed by atoms with Gasteiger partial charge in [0.2, 0.25) is 5.95 Å². The molecule has 4 nitrogen and oxygen atoms in total. The Kier molecular flexibility index (Phi) is 4.25. The zero-order chi connectivity index (χ0) is 14.7. The Hall–Kier alpha value is -1.81. The lowest BCUT2D eigenvalue weighted by Crippen LogP contribution is -2.40. The van der Waals surface area contributed by atoms with Crippen molar-refractivity contribution in [2.24, 2.45) is 5.92 Å². The van der Waals surface area contributed by atoms with Gasteiger partial charge >= 0.3 is 0 Å². The summed E-state index contributed by atoms with van der Waals surface area (Å²) in [7, 11) is 2.04. The molecule has 1 saturated heterocycles. The summed E-state index contributed by atoms with van der Waals surface area (Å²) in [6.07, 6.45) is 4.68. The van der Waals surface area contributed by atoms with Gasteiger partial charge in [-0.1, -0.05) is 18.2 Å². The van der Waals surface area contributed by atoms with Crippen molar-refractivity contribution in [1.29, 1.82) is 0 Å². The zero-order valence-electron chi connectivity index (χ0n) is 12.9. The molecule has 1 aliphatic heterocycles. The van der Waals surface area contributed by atoms with Crippen LogP contribution in [-0.2, 0) is 0 Å². The highest BCUT2D eigenvalue weighted by Crippen LogP contribution is 2.25. The van der Waals surface area contributed by atoms with Gasteiger partial charge in [0, 0.05) is 25.0 Å². The molecular formula is C17H24N4. The Morgan fingerprint density at radius 2 is 2.10 bits per heavy atom. The third-order valence-corrected chi connectivity index (χ3v) is 4.14. The topological polar surface area (TPSA) is 33.1 Å². The largest absolute Gasteiger partial charge is 0.342 e. The molecule has 112 valence electrons. The lowest BCUT2D eigenvalue weighted by atomic mass is 9.98. The van der Waals surface area contributed by atoms with Gasteiger partial charge in [0.1, 0.15) is 0 Å². The van der Waals surface area contributed by atoms with Crippen LogP contribution in [0.25, 0.3) is 5.69 Å². The van der Waals surface area contributed by atoms with Gasteiger partial charge in [-0.15, -0.1) is 0 Å². The van der Waals surface area contributed by atoms with Gasteiger partial charge in [0.25, 0.3) is 0 Å². The van der Waals surface area contributed by atoms with E-state index in [1.165, 1.54) is 18.5 Å². The van der Waals surface area contributed by atoms with Gasteiger partial charge in [-0.2, -0.15) is 0 Å². The van der Waals surface area contributed by atoms with Gasteiger partial charge in [0.15, 0.2) is 0 Å². The Balaban J connectivity index is 1.88. The Labute approximate surface area is 126 Å². The first kappa shape index (κ1) is 14.1. The zero-order valence-corrected chi connectivity index (χ0v) is 12.9. The molecule has 1 unspecified atom stereocenters. The molecule has 0 amide bonds. The number of nitrogens with zero attached hydrogens (tertiary/aromatic N) is 3. The highest BCUT2D eigenvalue weighted by atomic mass is 15.3. The summed E-state index contributed by atoms with van der Waals surface area (Å²) in [5, 5.41) is 3.31. The van der Waals surface area contributed by atoms with Crippen LogP contribution in [0.2, 0.25) is 0 Å². The maximum atomic E-state index is 4.77. The van der Waals surface area contributed by atoms with Gasteiger partial charge < -0.3 is 10.2 Å². The summed E-state index contributed by atoms with van der Waals surface area (Å²) in [6, 6.07) is 10.5. The summed E-state index contributed by atoms with van der Waals surface area (Å²) in [4.78, 5) is 7.21. The average Bonchev–Trinajstić information content (AvgIpc) is 2.91. The van der Waals surface area contributed by atoms with Crippen LogP contribution in [0.1, 0.15) is 18.5 Å². The van der Waals surface area contributed by atoms with Crippen LogP contribution >= 0.6 is 0 Å². The molecule has 1 aliphatic rings. The van der Waals surface area contributed by atoms with E-state index in [2.05, 4.69) is 58.2 Å². The molecule has 1 fully saturated rings. The van der Waals surface area contributed by atoms with E-state index in [0.29, 0.717) is 5.92 Å². The molecule has 21 heavy (non-hydrogen) atoms. The van der Waals surface area contributed by atoms with E-state index in [0.717, 1.165) is 31.3 Å². The molecular weight excluding hydrogens is 260 g/mol. The number of rotatable bonds is 4. The smallest absolute Gasteiger partial charge is 0.210 e. The Morgan fingerprint density at radius 3 is 2.86 bits per heavy atom. The van der Waals surface area contributed by atoms with Crippen molar-refractivity contribution in [3.63, 3.8) is 0 Å². The molecule has 1 aromatic heterocycles. The molecule has 1 atom stereocenters. The van der Waals surface area contributed by atoms with Crippen LogP contribution in [-0.4, -0.2) is 36.2 Å². The highest BCUT2D eigenvalue weighted by molar-refractivity contribution is 5.45. The van der Waals surface area contributed by atoms with Crippen LogP contribution in [0, 0.1) is 12.8 Å². The standard InChI is InChI=1S/C17H24N4/c1-14-12-21(16-8-4-3-5-9-16)17(19-14)20-10-6-7-15(13-20)11-18-2/h3-5,8-9,12,15,18H,6-7,10-11,13H2,1-2H3. The SMILES string of the molecule is CNCC1CCCN(c2nc(C)cn2-c2ccccc2)C1. The number of hydrogen-bond donors (Lipinski definition) is 1.